The summed E-state index contributed by atoms with van der Waals surface area (Å²) >= 11 is 11.8. The number of nitrogens with one attached hydrogen (secondary N) is 1. The molecule has 5 nitrogen and oxygen atoms in total. The van der Waals surface area contributed by atoms with Crippen molar-refractivity contribution in [2.24, 2.45) is 0 Å². The van der Waals surface area contributed by atoms with Crippen LogP contribution in [-0.4, -0.2) is 42.2 Å². The number of rotatable bonds is 6. The zero-order valence-corrected chi connectivity index (χ0v) is 12.1. The second kappa shape index (κ2) is 7.55. The van der Waals surface area contributed by atoms with Crippen molar-refractivity contribution in [2.45, 2.75) is 6.92 Å². The fourth-order valence-corrected chi connectivity index (χ4v) is 2.15. The average Bonchev–Trinajstić information content (AvgIpc) is 2.33. The number of nitrogen functional groups attached to an aromatic ring is 1. The predicted molar refractivity (Wildman–Crippen MR) is 78.7 cm³/mol. The van der Waals surface area contributed by atoms with Crippen molar-refractivity contribution >= 4 is 40.5 Å². The van der Waals surface area contributed by atoms with Crippen LogP contribution in [-0.2, 0) is 4.79 Å². The number of carbonyl (C=O) groups excluding carboxylic acids is 1. The van der Waals surface area contributed by atoms with Gasteiger partial charge in [0.15, 0.2) is 0 Å². The first kappa shape index (κ1) is 16.0. The maximum Gasteiger partial charge on any atom is 0.238 e. The maximum absolute atomic E-state index is 11.9. The third-order valence-electron chi connectivity index (χ3n) is 2.58. The van der Waals surface area contributed by atoms with Crippen LogP contribution < -0.4 is 11.1 Å². The summed E-state index contributed by atoms with van der Waals surface area (Å²) in [5, 5.41) is 12.2. The molecule has 0 bridgehead atoms. The molecule has 7 heteroatoms. The summed E-state index contributed by atoms with van der Waals surface area (Å²) in [4.78, 5) is 13.7. The number of benzene rings is 1. The van der Waals surface area contributed by atoms with E-state index in [0.29, 0.717) is 34.5 Å². The van der Waals surface area contributed by atoms with Crippen LogP contribution in [0.2, 0.25) is 10.0 Å². The number of anilines is 2. The lowest BCUT2D eigenvalue weighted by Gasteiger charge is -2.19. The molecule has 1 rings (SSSR count). The first-order valence-corrected chi connectivity index (χ1v) is 6.61. The van der Waals surface area contributed by atoms with Gasteiger partial charge in [0.05, 0.1) is 29.5 Å². The lowest BCUT2D eigenvalue weighted by molar-refractivity contribution is -0.117. The quantitative estimate of drug-likeness (QED) is 0.701. The largest absolute Gasteiger partial charge is 0.397 e. The second-order valence-corrected chi connectivity index (χ2v) is 4.84. The van der Waals surface area contributed by atoms with Gasteiger partial charge in [-0.15, -0.1) is 0 Å². The molecule has 0 heterocycles. The molecule has 0 saturated heterocycles. The Hall–Kier alpha value is -1.01. The van der Waals surface area contributed by atoms with E-state index in [9.17, 15) is 4.79 Å². The van der Waals surface area contributed by atoms with Crippen LogP contribution in [0.1, 0.15) is 6.92 Å². The van der Waals surface area contributed by atoms with Gasteiger partial charge in [-0.3, -0.25) is 9.69 Å². The molecular formula is C12H17Cl2N3O2. The van der Waals surface area contributed by atoms with E-state index >= 15 is 0 Å². The van der Waals surface area contributed by atoms with Crippen LogP contribution >= 0.6 is 23.2 Å². The van der Waals surface area contributed by atoms with Crippen LogP contribution in [0, 0.1) is 0 Å². The first-order chi connectivity index (χ1) is 8.97. The lowest BCUT2D eigenvalue weighted by Crippen LogP contribution is -2.35. The number of hydrogen-bond acceptors (Lipinski definition) is 4. The molecule has 106 valence electrons. The Morgan fingerprint density at radius 3 is 2.68 bits per heavy atom. The normalized spacial score (nSPS) is 10.8. The minimum Gasteiger partial charge on any atom is -0.397 e. The number of amides is 1. The molecule has 0 spiro atoms. The molecule has 1 aromatic rings. The third-order valence-corrected chi connectivity index (χ3v) is 3.10. The molecular weight excluding hydrogens is 289 g/mol. The van der Waals surface area contributed by atoms with Crippen LogP contribution in [0.25, 0.3) is 0 Å². The Bertz CT molecular complexity index is 432. The van der Waals surface area contributed by atoms with E-state index in [2.05, 4.69) is 5.32 Å². The highest BCUT2D eigenvalue weighted by atomic mass is 35.5. The predicted octanol–water partition coefficient (Wildman–Crippen LogP) is 1.83. The molecule has 1 aromatic carbocycles. The molecule has 0 aliphatic carbocycles. The van der Waals surface area contributed by atoms with Gasteiger partial charge in [-0.05, 0) is 18.7 Å². The lowest BCUT2D eigenvalue weighted by atomic mass is 10.2. The van der Waals surface area contributed by atoms with Crippen LogP contribution in [0.15, 0.2) is 12.1 Å². The van der Waals surface area contributed by atoms with Crippen molar-refractivity contribution in [2.75, 3.05) is 37.3 Å². The molecule has 0 fully saturated rings. The summed E-state index contributed by atoms with van der Waals surface area (Å²) in [6, 6.07) is 3.04. The maximum atomic E-state index is 11.9. The van der Waals surface area contributed by atoms with Gasteiger partial charge in [0, 0.05) is 11.6 Å². The van der Waals surface area contributed by atoms with Crippen LogP contribution in [0.5, 0.6) is 0 Å². The number of aliphatic hydroxyl groups is 1. The van der Waals surface area contributed by atoms with Gasteiger partial charge in [0.2, 0.25) is 5.91 Å². The van der Waals surface area contributed by atoms with Crippen molar-refractivity contribution < 1.29 is 9.90 Å². The zero-order chi connectivity index (χ0) is 14.4. The van der Waals surface area contributed by atoms with Crippen molar-refractivity contribution in [3.63, 3.8) is 0 Å². The van der Waals surface area contributed by atoms with E-state index in [1.165, 1.54) is 12.1 Å². The molecule has 0 aliphatic heterocycles. The average molecular weight is 306 g/mol. The number of halogens is 2. The second-order valence-electron chi connectivity index (χ2n) is 3.99. The summed E-state index contributed by atoms with van der Waals surface area (Å²) in [6.45, 7) is 3.18. The van der Waals surface area contributed by atoms with E-state index < -0.39 is 0 Å². The van der Waals surface area contributed by atoms with Crippen molar-refractivity contribution in [3.05, 3.63) is 22.2 Å². The number of aliphatic hydroxyl groups excluding tert-OH is 1. The Kier molecular flexibility index (Phi) is 6.37. The van der Waals surface area contributed by atoms with Gasteiger partial charge in [0.25, 0.3) is 0 Å². The molecule has 0 radical (unpaired) electrons. The van der Waals surface area contributed by atoms with Crippen molar-refractivity contribution in [1.29, 1.82) is 0 Å². The molecule has 0 aliphatic rings. The van der Waals surface area contributed by atoms with E-state index in [0.717, 1.165) is 0 Å². The highest BCUT2D eigenvalue weighted by Gasteiger charge is 2.13. The van der Waals surface area contributed by atoms with E-state index in [1.54, 1.807) is 4.90 Å². The first-order valence-electron chi connectivity index (χ1n) is 5.85. The Balaban J connectivity index is 2.72. The topological polar surface area (TPSA) is 78.6 Å². The monoisotopic (exact) mass is 305 g/mol. The Labute approximate surface area is 122 Å². The number of carbonyl (C=O) groups is 1. The number of likely N-dealkylation sites (N-methyl/N-ethyl adjacent to an activating group) is 1. The fourth-order valence-electron chi connectivity index (χ4n) is 1.60. The number of nitrogens with two attached hydrogens (primary N) is 1. The van der Waals surface area contributed by atoms with Crippen molar-refractivity contribution in [3.8, 4) is 0 Å². The SMILES string of the molecule is CCN(CCO)CC(=O)Nc1c(N)cc(Cl)cc1Cl. The number of nitrogens with zero attached hydrogens (tertiary/aromatic N) is 1. The zero-order valence-electron chi connectivity index (χ0n) is 10.6. The van der Waals surface area contributed by atoms with Gasteiger partial charge < -0.3 is 16.2 Å². The summed E-state index contributed by atoms with van der Waals surface area (Å²) in [6.07, 6.45) is 0. The molecule has 0 saturated carbocycles. The fraction of sp³-hybridized carbons (Fsp3) is 0.417. The third kappa shape index (κ3) is 4.87. The van der Waals surface area contributed by atoms with E-state index in [4.69, 9.17) is 34.0 Å². The molecule has 1 amide bonds. The summed E-state index contributed by atoms with van der Waals surface area (Å²) < 4.78 is 0. The highest BCUT2D eigenvalue weighted by Crippen LogP contribution is 2.31. The van der Waals surface area contributed by atoms with Gasteiger partial charge in [-0.1, -0.05) is 30.1 Å². The van der Waals surface area contributed by atoms with E-state index in [-0.39, 0.29) is 19.1 Å². The number of hydrogen-bond donors (Lipinski definition) is 3. The smallest absolute Gasteiger partial charge is 0.238 e. The van der Waals surface area contributed by atoms with Crippen LogP contribution in [0.4, 0.5) is 11.4 Å². The van der Waals surface area contributed by atoms with Gasteiger partial charge in [-0.25, -0.2) is 0 Å². The highest BCUT2D eigenvalue weighted by molar-refractivity contribution is 6.37. The minimum atomic E-state index is -0.244. The van der Waals surface area contributed by atoms with Crippen molar-refractivity contribution in [1.82, 2.24) is 4.90 Å². The van der Waals surface area contributed by atoms with Gasteiger partial charge in [-0.2, -0.15) is 0 Å². The standard InChI is InChI=1S/C12H17Cl2N3O2/c1-2-17(3-4-18)7-11(19)16-12-9(14)5-8(13)6-10(12)15/h5-6,18H,2-4,7,15H2,1H3,(H,16,19). The molecule has 19 heavy (non-hydrogen) atoms. The minimum absolute atomic E-state index is 0.00492. The molecule has 0 atom stereocenters. The van der Waals surface area contributed by atoms with E-state index in [1.807, 2.05) is 6.92 Å². The summed E-state index contributed by atoms with van der Waals surface area (Å²) in [7, 11) is 0. The molecule has 4 N–H and O–H groups in total. The summed E-state index contributed by atoms with van der Waals surface area (Å²) in [5.41, 5.74) is 6.43. The van der Waals surface area contributed by atoms with Crippen LogP contribution in [0.3, 0.4) is 0 Å². The Morgan fingerprint density at radius 2 is 2.16 bits per heavy atom. The van der Waals surface area contributed by atoms with Gasteiger partial charge in [0.1, 0.15) is 0 Å². The molecule has 0 unspecified atom stereocenters. The summed E-state index contributed by atoms with van der Waals surface area (Å²) in [5.74, 6) is -0.244. The molecule has 0 aromatic heterocycles. The van der Waals surface area contributed by atoms with Gasteiger partial charge >= 0.3 is 0 Å². The Morgan fingerprint density at radius 1 is 1.47 bits per heavy atom.